The summed E-state index contributed by atoms with van der Waals surface area (Å²) in [5, 5.41) is 27.5. The van der Waals surface area contributed by atoms with Gasteiger partial charge in [0.1, 0.15) is 52.5 Å². The zero-order valence-corrected chi connectivity index (χ0v) is 48.8. The van der Waals surface area contributed by atoms with Crippen LogP contribution in [0.15, 0.2) is 105 Å². The quantitative estimate of drug-likeness (QED) is 0.0399. The Labute approximate surface area is 489 Å². The summed E-state index contributed by atoms with van der Waals surface area (Å²) in [4.78, 5) is 93.1. The summed E-state index contributed by atoms with van der Waals surface area (Å²) in [6.07, 6.45) is 4.50. The summed E-state index contributed by atoms with van der Waals surface area (Å²) >= 11 is 0. The summed E-state index contributed by atoms with van der Waals surface area (Å²) in [5.41, 5.74) is 8.96. The number of aromatic nitrogens is 3. The number of ether oxygens (including phenoxy) is 3. The van der Waals surface area contributed by atoms with Gasteiger partial charge in [-0.2, -0.15) is 0 Å². The van der Waals surface area contributed by atoms with E-state index in [4.69, 9.17) is 33.5 Å². The second-order valence-corrected chi connectivity index (χ2v) is 20.1. The van der Waals surface area contributed by atoms with Crippen molar-refractivity contribution < 1.29 is 87.2 Å². The van der Waals surface area contributed by atoms with Crippen LogP contribution in [-0.4, -0.2) is 88.8 Å². The summed E-state index contributed by atoms with van der Waals surface area (Å²) < 4.78 is 33.3. The number of amides is 6. The smallest absolute Gasteiger partial charge is 0.235 e. The first kappa shape index (κ1) is 60.4. The molecule has 3 aromatic heterocycles. The molecule has 0 aliphatic carbocycles. The number of piperidine rings is 3. The van der Waals surface area contributed by atoms with Gasteiger partial charge in [-0.25, -0.2) is 0 Å². The van der Waals surface area contributed by atoms with Crippen LogP contribution in [0.3, 0.4) is 0 Å². The zero-order chi connectivity index (χ0) is 56.7. The third-order valence-corrected chi connectivity index (χ3v) is 14.3. The number of nitrogens with two attached hydrogens (primary N) is 1. The Bertz CT molecular complexity index is 3790. The van der Waals surface area contributed by atoms with Crippen LogP contribution in [-0.2, 0) is 59.4 Å². The Morgan fingerprint density at radius 2 is 0.807 bits per heavy atom. The first-order valence-electron chi connectivity index (χ1n) is 26.8. The zero-order valence-electron chi connectivity index (χ0n) is 45.8. The minimum atomic E-state index is -0.507. The molecule has 3 fully saturated rings. The molecule has 6 aromatic carbocycles. The van der Waals surface area contributed by atoms with E-state index in [1.165, 1.54) is 0 Å². The molecule has 83 heavy (non-hydrogen) atoms. The van der Waals surface area contributed by atoms with Gasteiger partial charge in [0.2, 0.25) is 35.4 Å². The van der Waals surface area contributed by atoms with Crippen molar-refractivity contribution in [2.45, 2.75) is 95.8 Å². The van der Waals surface area contributed by atoms with Crippen molar-refractivity contribution in [3.05, 3.63) is 116 Å². The van der Waals surface area contributed by atoms with Crippen LogP contribution in [0.25, 0.3) is 65.2 Å². The van der Waals surface area contributed by atoms with Crippen LogP contribution < -0.4 is 35.9 Å². The predicted molar refractivity (Wildman–Crippen MR) is 302 cm³/mol. The Balaban J connectivity index is 0.000000161. The molecule has 0 bridgehead atoms. The van der Waals surface area contributed by atoms with E-state index >= 15 is 0 Å². The minimum Gasteiger partial charge on any atom is -0.494 e. The Morgan fingerprint density at radius 3 is 1.10 bits per heavy atom. The number of carbonyl (C=O) groups is 8. The Kier molecular flexibility index (Phi) is 19.6. The number of hydrogen-bond acceptors (Lipinski definition) is 18. The molecule has 5 N–H and O–H groups in total. The van der Waals surface area contributed by atoms with Crippen molar-refractivity contribution in [3.63, 3.8) is 0 Å². The van der Waals surface area contributed by atoms with E-state index < -0.39 is 17.8 Å². The van der Waals surface area contributed by atoms with E-state index in [9.17, 15) is 38.4 Å². The van der Waals surface area contributed by atoms with Gasteiger partial charge in [0.15, 0.2) is 16.7 Å². The molecule has 3 unspecified atom stereocenters. The molecule has 0 saturated carbocycles. The van der Waals surface area contributed by atoms with Gasteiger partial charge in [0, 0.05) is 59.7 Å². The van der Waals surface area contributed by atoms with Gasteiger partial charge in [-0.1, -0.05) is 33.7 Å². The number of ketones is 2. The van der Waals surface area contributed by atoms with Crippen molar-refractivity contribution in [1.82, 2.24) is 31.4 Å². The average Bonchev–Trinajstić information content (AvgIpc) is 4.33. The first-order chi connectivity index (χ1) is 39.2. The molecule has 3 aliphatic heterocycles. The molecule has 6 amide bonds. The molecule has 430 valence electrons. The van der Waals surface area contributed by atoms with Crippen molar-refractivity contribution in [2.24, 2.45) is 5.73 Å². The van der Waals surface area contributed by atoms with Gasteiger partial charge in [-0.3, -0.25) is 44.7 Å². The molecule has 9 aromatic rings. The van der Waals surface area contributed by atoms with Crippen LogP contribution >= 0.6 is 0 Å². The topological polar surface area (TPSA) is 304 Å². The summed E-state index contributed by atoms with van der Waals surface area (Å²) in [5.74, 6) is -0.807. The van der Waals surface area contributed by atoms with Crippen LogP contribution in [0.2, 0.25) is 0 Å². The number of Topliss-reactive ketones (excluding diaryl/α,β-unsaturated/α-hetero) is 2. The van der Waals surface area contributed by atoms with Gasteiger partial charge < -0.3 is 50.5 Å². The molecule has 22 heteroatoms. The number of nitrogens with one attached hydrogen (secondary N) is 3. The van der Waals surface area contributed by atoms with Crippen molar-refractivity contribution in [3.8, 4) is 17.2 Å². The fourth-order valence-corrected chi connectivity index (χ4v) is 10.4. The minimum absolute atomic E-state index is 0. The Hall–Kier alpha value is -8.68. The van der Waals surface area contributed by atoms with Gasteiger partial charge in [-0.05, 0) is 151 Å². The number of rotatable bonds is 16. The van der Waals surface area contributed by atoms with E-state index in [1.807, 2.05) is 91.0 Å². The van der Waals surface area contributed by atoms with Gasteiger partial charge in [0.25, 0.3) is 0 Å². The van der Waals surface area contributed by atoms with Crippen molar-refractivity contribution >= 4 is 112 Å². The van der Waals surface area contributed by atoms with Crippen LogP contribution in [0.5, 0.6) is 17.2 Å². The van der Waals surface area contributed by atoms with E-state index in [2.05, 4.69) is 31.4 Å². The number of imide groups is 3. The normalized spacial score (nSPS) is 16.9. The molecule has 6 heterocycles. The molecule has 3 atom stereocenters. The van der Waals surface area contributed by atoms with Gasteiger partial charge in [0.05, 0.1) is 47.1 Å². The monoisotopic (exact) mass is 1300 g/mol. The fraction of sp³-hybridized carbons (Fsp3) is 0.311. The van der Waals surface area contributed by atoms with E-state index in [0.29, 0.717) is 112 Å². The maximum absolute atomic E-state index is 12.3. The van der Waals surface area contributed by atoms with Gasteiger partial charge in [-0.15, -0.1) is 0 Å². The van der Waals surface area contributed by atoms with Gasteiger partial charge >= 0.3 is 0 Å². The maximum Gasteiger partial charge on any atom is 0.235 e. The number of benzene rings is 6. The van der Waals surface area contributed by atoms with Crippen LogP contribution in [0.1, 0.15) is 113 Å². The second kappa shape index (κ2) is 26.9. The SMILES string of the molecule is CC(=O)CCCOc1ccc2c(ccc3onc(C4CCC(=O)NC4=O)c32)c1.CC(=O)CCCOc1ccc2c(ccc3onc(C4CCC(=O)NC4=O)c32)c1.NCCOc1ccc2c(ccc3onc(C4CCC(=O)NC4=O)c32)c1.[CH3-].[W]. The number of fused-ring (bicyclic) bond motifs is 9. The summed E-state index contributed by atoms with van der Waals surface area (Å²) in [6, 6.07) is 28.3. The van der Waals surface area contributed by atoms with Crippen molar-refractivity contribution in [2.75, 3.05) is 26.4 Å². The van der Waals surface area contributed by atoms with Crippen molar-refractivity contribution in [1.29, 1.82) is 0 Å². The average molecular weight is 1300 g/mol. The first-order valence-corrected chi connectivity index (χ1v) is 26.8. The number of hydrogen-bond donors (Lipinski definition) is 4. The molecule has 3 saturated heterocycles. The van der Waals surface area contributed by atoms with E-state index in [1.54, 1.807) is 13.8 Å². The number of nitrogens with zero attached hydrogens (tertiary/aromatic N) is 3. The Morgan fingerprint density at radius 1 is 0.494 bits per heavy atom. The number of carbonyl (C=O) groups excluding carboxylic acids is 8. The molecule has 3 aliphatic rings. The fourth-order valence-electron chi connectivity index (χ4n) is 10.4. The maximum atomic E-state index is 12.3. The molecular formula is C61H60N7O14W-. The summed E-state index contributed by atoms with van der Waals surface area (Å²) in [7, 11) is 0. The largest absolute Gasteiger partial charge is 0.494 e. The molecular weight excluding hydrogens is 1240 g/mol. The molecule has 21 nitrogen and oxygen atoms in total. The third-order valence-electron chi connectivity index (χ3n) is 14.3. The summed E-state index contributed by atoms with van der Waals surface area (Å²) in [6.45, 7) is 4.98. The van der Waals surface area contributed by atoms with Crippen LogP contribution in [0, 0.1) is 7.43 Å². The predicted octanol–water partition coefficient (Wildman–Crippen LogP) is 8.78. The second-order valence-electron chi connectivity index (χ2n) is 20.1. The van der Waals surface area contributed by atoms with E-state index in [0.717, 1.165) is 65.7 Å². The molecule has 0 spiro atoms. The third kappa shape index (κ3) is 13.6. The molecule has 12 rings (SSSR count). The standard InChI is InChI=1S/2C21H20N2O5.C18H17N3O4.CH3.W/c2*1-12(24)3-2-10-27-14-5-6-15-13(11-14)4-8-17-19(15)20(23-28-17)16-7-9-18(25)22-21(16)26;19-7-8-24-11-2-3-12-10(9-11)1-5-14-16(12)17(21-25-14)13-4-6-15(22)20-18(13)23;;/h2*4-6,8,11,16H,2-3,7,9-10H2,1H3,(H,22,25,26);1-3,5,9,13H,4,6-8,19H2,(H,20,22,23);1H3;/q;;;-1;. The molecule has 0 radical (unpaired) electrons. The van der Waals surface area contributed by atoms with Crippen LogP contribution in [0.4, 0.5) is 0 Å². The van der Waals surface area contributed by atoms with E-state index in [-0.39, 0.29) is 88.3 Å².